The second kappa shape index (κ2) is 7.47. The van der Waals surface area contributed by atoms with Gasteiger partial charge in [-0.1, -0.05) is 13.0 Å². The summed E-state index contributed by atoms with van der Waals surface area (Å²) in [7, 11) is 0. The Morgan fingerprint density at radius 2 is 2.24 bits per heavy atom. The molecule has 1 aromatic carbocycles. The van der Waals surface area contributed by atoms with Crippen LogP contribution in [0.2, 0.25) is 0 Å². The van der Waals surface area contributed by atoms with E-state index in [1.54, 1.807) is 30.0 Å². The van der Waals surface area contributed by atoms with Crippen LogP contribution in [0, 0.1) is 0 Å². The number of aromatic carboxylic acids is 1. The number of hydrogen-bond donors (Lipinski definition) is 1. The second-order valence-corrected chi connectivity index (χ2v) is 6.02. The molecule has 0 saturated carbocycles. The molecule has 1 amide bonds. The maximum absolute atomic E-state index is 11.9. The Bertz CT molecular complexity index is 521. The Balaban J connectivity index is 1.89. The zero-order valence-corrected chi connectivity index (χ0v) is 12.9. The average molecular weight is 308 g/mol. The van der Waals surface area contributed by atoms with E-state index < -0.39 is 5.97 Å². The first-order valence-corrected chi connectivity index (χ1v) is 8.11. The molecule has 21 heavy (non-hydrogen) atoms. The van der Waals surface area contributed by atoms with Crippen molar-refractivity contribution in [3.05, 3.63) is 29.8 Å². The number of benzene rings is 1. The lowest BCUT2D eigenvalue weighted by atomic mass is 10.2. The van der Waals surface area contributed by atoms with Gasteiger partial charge in [0.05, 0.1) is 5.56 Å². The maximum Gasteiger partial charge on any atom is 0.335 e. The predicted octanol–water partition coefficient (Wildman–Crippen LogP) is 2.34. The Morgan fingerprint density at radius 1 is 1.43 bits per heavy atom. The number of rotatable bonds is 6. The van der Waals surface area contributed by atoms with Crippen molar-refractivity contribution in [2.45, 2.75) is 24.7 Å². The molecule has 1 N–H and O–H groups in total. The highest BCUT2D eigenvalue weighted by molar-refractivity contribution is 7.99. The summed E-state index contributed by atoms with van der Waals surface area (Å²) in [6.45, 7) is 4.48. The number of nitrogens with zero attached hydrogens (tertiary/aromatic N) is 2. The van der Waals surface area contributed by atoms with Crippen molar-refractivity contribution >= 4 is 23.6 Å². The fraction of sp³-hybridized carbons (Fsp3) is 0.467. The molecule has 0 aromatic heterocycles. The molecule has 1 aliphatic heterocycles. The zero-order chi connectivity index (χ0) is 15.2. The lowest BCUT2D eigenvalue weighted by Gasteiger charge is -2.37. The molecule has 1 fully saturated rings. The van der Waals surface area contributed by atoms with Gasteiger partial charge in [0.2, 0.25) is 5.91 Å². The number of hydrazine groups is 1. The summed E-state index contributed by atoms with van der Waals surface area (Å²) in [5.41, 5.74) is 0.296. The predicted molar refractivity (Wildman–Crippen MR) is 82.3 cm³/mol. The fourth-order valence-corrected chi connectivity index (χ4v) is 3.27. The molecule has 0 spiro atoms. The molecule has 0 aliphatic carbocycles. The number of carbonyl (C=O) groups is 2. The van der Waals surface area contributed by atoms with Crippen molar-refractivity contribution in [2.24, 2.45) is 0 Å². The highest BCUT2D eigenvalue weighted by atomic mass is 32.2. The van der Waals surface area contributed by atoms with Crippen LogP contribution in [0.1, 0.15) is 30.1 Å². The van der Waals surface area contributed by atoms with Gasteiger partial charge in [-0.25, -0.2) is 9.80 Å². The van der Waals surface area contributed by atoms with Crippen LogP contribution < -0.4 is 0 Å². The quantitative estimate of drug-likeness (QED) is 0.817. The molecule has 1 heterocycles. The van der Waals surface area contributed by atoms with E-state index in [1.165, 1.54) is 0 Å². The van der Waals surface area contributed by atoms with Gasteiger partial charge in [-0.15, -0.1) is 11.8 Å². The van der Waals surface area contributed by atoms with Crippen LogP contribution in [0.4, 0.5) is 0 Å². The van der Waals surface area contributed by atoms with E-state index in [1.807, 2.05) is 11.1 Å². The summed E-state index contributed by atoms with van der Waals surface area (Å²) >= 11 is 1.58. The van der Waals surface area contributed by atoms with Crippen LogP contribution in [0.25, 0.3) is 0 Å². The third-order valence-electron chi connectivity index (χ3n) is 3.45. The Kier molecular flexibility index (Phi) is 5.64. The van der Waals surface area contributed by atoms with Crippen molar-refractivity contribution in [1.82, 2.24) is 10.0 Å². The Hall–Kier alpha value is -1.53. The normalized spacial score (nSPS) is 16.2. The van der Waals surface area contributed by atoms with E-state index >= 15 is 0 Å². The van der Waals surface area contributed by atoms with Gasteiger partial charge in [0.25, 0.3) is 0 Å². The van der Waals surface area contributed by atoms with Gasteiger partial charge in [0.1, 0.15) is 0 Å². The molecule has 1 saturated heterocycles. The number of thioether (sulfide) groups is 1. The van der Waals surface area contributed by atoms with Gasteiger partial charge in [0, 0.05) is 36.7 Å². The smallest absolute Gasteiger partial charge is 0.335 e. The van der Waals surface area contributed by atoms with Crippen molar-refractivity contribution in [3.8, 4) is 0 Å². The minimum absolute atomic E-state index is 0.183. The highest BCUT2D eigenvalue weighted by Gasteiger charge is 2.24. The summed E-state index contributed by atoms with van der Waals surface area (Å²) in [5, 5.41) is 12.9. The lowest BCUT2D eigenvalue weighted by molar-refractivity contribution is -0.154. The standard InChI is InChI=1S/C15H20N2O3S/c1-2-16-8-4-7-14(18)17(16)9-10-21-13-6-3-5-12(11-13)15(19)20/h3,5-6,11H,2,4,7-10H2,1H3,(H,19,20). The molecule has 1 aliphatic rings. The van der Waals surface area contributed by atoms with Crippen LogP contribution in [-0.4, -0.2) is 52.4 Å². The molecular weight excluding hydrogens is 288 g/mol. The number of hydrogen-bond acceptors (Lipinski definition) is 4. The summed E-state index contributed by atoms with van der Waals surface area (Å²) in [5.74, 6) is 0.0227. The highest BCUT2D eigenvalue weighted by Crippen LogP contribution is 2.20. The first kappa shape index (κ1) is 15.9. The van der Waals surface area contributed by atoms with Gasteiger partial charge in [-0.05, 0) is 24.6 Å². The van der Waals surface area contributed by atoms with Crippen LogP contribution in [0.15, 0.2) is 29.2 Å². The first-order valence-electron chi connectivity index (χ1n) is 7.13. The summed E-state index contributed by atoms with van der Waals surface area (Å²) in [6, 6.07) is 6.89. The molecule has 5 nitrogen and oxygen atoms in total. The maximum atomic E-state index is 11.9. The average Bonchev–Trinajstić information content (AvgIpc) is 2.49. The minimum atomic E-state index is -0.916. The van der Waals surface area contributed by atoms with Crippen molar-refractivity contribution < 1.29 is 14.7 Å². The van der Waals surface area contributed by atoms with Gasteiger partial charge in [0.15, 0.2) is 0 Å². The van der Waals surface area contributed by atoms with E-state index in [2.05, 4.69) is 11.9 Å². The molecule has 0 bridgehead atoms. The molecule has 114 valence electrons. The SMILES string of the molecule is CCN1CCCC(=O)N1CCSc1cccc(C(=O)O)c1. The number of carboxylic acid groups (broad SMARTS) is 1. The van der Waals surface area contributed by atoms with Crippen LogP contribution >= 0.6 is 11.8 Å². The van der Waals surface area contributed by atoms with Gasteiger partial charge < -0.3 is 5.11 Å². The Labute approximate surface area is 128 Å². The lowest BCUT2D eigenvalue weighted by Crippen LogP contribution is -2.51. The Morgan fingerprint density at radius 3 is 2.95 bits per heavy atom. The third kappa shape index (κ3) is 4.22. The van der Waals surface area contributed by atoms with Crippen LogP contribution in [0.3, 0.4) is 0 Å². The van der Waals surface area contributed by atoms with Gasteiger partial charge >= 0.3 is 5.97 Å². The second-order valence-electron chi connectivity index (χ2n) is 4.85. The zero-order valence-electron chi connectivity index (χ0n) is 12.1. The van der Waals surface area contributed by atoms with E-state index in [-0.39, 0.29) is 5.91 Å². The topological polar surface area (TPSA) is 60.9 Å². The first-order chi connectivity index (χ1) is 10.1. The molecule has 6 heteroatoms. The van der Waals surface area contributed by atoms with Crippen molar-refractivity contribution in [2.75, 3.05) is 25.4 Å². The van der Waals surface area contributed by atoms with Crippen LogP contribution in [-0.2, 0) is 4.79 Å². The summed E-state index contributed by atoms with van der Waals surface area (Å²) in [4.78, 5) is 23.8. The van der Waals surface area contributed by atoms with Crippen molar-refractivity contribution in [3.63, 3.8) is 0 Å². The minimum Gasteiger partial charge on any atom is -0.478 e. The molecule has 1 aromatic rings. The monoisotopic (exact) mass is 308 g/mol. The third-order valence-corrected chi connectivity index (χ3v) is 4.43. The molecule has 0 atom stereocenters. The number of amides is 1. The number of carbonyl (C=O) groups excluding carboxylic acids is 1. The van der Waals surface area contributed by atoms with E-state index in [4.69, 9.17) is 5.11 Å². The largest absolute Gasteiger partial charge is 0.478 e. The molecule has 0 unspecified atom stereocenters. The fourth-order valence-electron chi connectivity index (χ4n) is 2.38. The van der Waals surface area contributed by atoms with E-state index in [0.717, 1.165) is 30.2 Å². The van der Waals surface area contributed by atoms with E-state index in [0.29, 0.717) is 18.5 Å². The summed E-state index contributed by atoms with van der Waals surface area (Å²) < 4.78 is 0. The molecule has 2 rings (SSSR count). The number of carboxylic acids is 1. The van der Waals surface area contributed by atoms with Crippen LogP contribution in [0.5, 0.6) is 0 Å². The molecular formula is C15H20N2O3S. The molecule has 0 radical (unpaired) electrons. The van der Waals surface area contributed by atoms with E-state index in [9.17, 15) is 9.59 Å². The van der Waals surface area contributed by atoms with Gasteiger partial charge in [-0.2, -0.15) is 0 Å². The summed E-state index contributed by atoms with van der Waals surface area (Å²) in [6.07, 6.45) is 1.55. The van der Waals surface area contributed by atoms with Crippen molar-refractivity contribution in [1.29, 1.82) is 0 Å². The van der Waals surface area contributed by atoms with Gasteiger partial charge in [-0.3, -0.25) is 9.80 Å².